The summed E-state index contributed by atoms with van der Waals surface area (Å²) in [6.07, 6.45) is 3.80. The molecule has 1 aromatic carbocycles. The molecule has 31 heavy (non-hydrogen) atoms. The fourth-order valence-corrected chi connectivity index (χ4v) is 4.80. The van der Waals surface area contributed by atoms with Crippen LogP contribution in [0.3, 0.4) is 0 Å². The van der Waals surface area contributed by atoms with E-state index in [1.807, 2.05) is 32.2 Å². The second kappa shape index (κ2) is 9.11. The molecule has 0 bridgehead atoms. The molecule has 3 heterocycles. The van der Waals surface area contributed by atoms with Crippen molar-refractivity contribution in [3.63, 3.8) is 0 Å². The van der Waals surface area contributed by atoms with Crippen LogP contribution in [0, 0.1) is 13.8 Å². The van der Waals surface area contributed by atoms with Gasteiger partial charge in [0.05, 0.1) is 0 Å². The van der Waals surface area contributed by atoms with E-state index in [0.717, 1.165) is 42.3 Å². The van der Waals surface area contributed by atoms with Crippen LogP contribution in [-0.2, 0) is 24.2 Å². The van der Waals surface area contributed by atoms with E-state index in [9.17, 15) is 4.79 Å². The van der Waals surface area contributed by atoms with Crippen LogP contribution in [0.25, 0.3) is 0 Å². The Morgan fingerprint density at radius 3 is 2.87 bits per heavy atom. The smallest absolute Gasteiger partial charge is 0.223 e. The van der Waals surface area contributed by atoms with E-state index in [1.54, 1.807) is 0 Å². The third-order valence-corrected chi connectivity index (χ3v) is 6.24. The maximum absolute atomic E-state index is 11.2. The predicted molar refractivity (Wildman–Crippen MR) is 122 cm³/mol. The largest absolute Gasteiger partial charge is 0.439 e. The summed E-state index contributed by atoms with van der Waals surface area (Å²) in [6.45, 7) is 9.38. The predicted octanol–water partition coefficient (Wildman–Crippen LogP) is 4.29. The summed E-state index contributed by atoms with van der Waals surface area (Å²) >= 11 is 1.54. The number of hydrogen-bond acceptors (Lipinski definition) is 7. The molecule has 2 aromatic heterocycles. The lowest BCUT2D eigenvalue weighted by Crippen LogP contribution is -2.33. The van der Waals surface area contributed by atoms with Gasteiger partial charge in [0, 0.05) is 48.9 Å². The molecule has 1 N–H and O–H groups in total. The molecule has 0 aliphatic carbocycles. The number of rotatable bonds is 5. The van der Waals surface area contributed by atoms with Gasteiger partial charge >= 0.3 is 0 Å². The van der Waals surface area contributed by atoms with Gasteiger partial charge in [-0.25, -0.2) is 9.97 Å². The van der Waals surface area contributed by atoms with Crippen LogP contribution in [0.1, 0.15) is 41.4 Å². The first-order valence-electron chi connectivity index (χ1n) is 10.4. The second-order valence-corrected chi connectivity index (χ2v) is 9.13. The maximum atomic E-state index is 11.2. The third-order valence-electron chi connectivity index (χ3n) is 5.35. The van der Waals surface area contributed by atoms with Gasteiger partial charge in [0.25, 0.3) is 0 Å². The lowest BCUT2D eigenvalue weighted by Gasteiger charge is -2.26. The van der Waals surface area contributed by atoms with Crippen LogP contribution in [0.5, 0.6) is 11.6 Å². The third kappa shape index (κ3) is 5.45. The van der Waals surface area contributed by atoms with Crippen LogP contribution in [0.2, 0.25) is 0 Å². The van der Waals surface area contributed by atoms with E-state index in [-0.39, 0.29) is 5.91 Å². The zero-order chi connectivity index (χ0) is 22.0. The van der Waals surface area contributed by atoms with Gasteiger partial charge in [-0.15, -0.1) is 11.3 Å². The summed E-state index contributed by atoms with van der Waals surface area (Å²) in [5.74, 6) is 2.00. The van der Waals surface area contributed by atoms with Gasteiger partial charge in [0.1, 0.15) is 11.6 Å². The molecule has 0 radical (unpaired) electrons. The van der Waals surface area contributed by atoms with Crippen LogP contribution in [0.15, 0.2) is 30.5 Å². The summed E-state index contributed by atoms with van der Waals surface area (Å²) in [5, 5.41) is 3.42. The number of thiazole rings is 1. The Bertz CT molecular complexity index is 1080. The highest BCUT2D eigenvalue weighted by atomic mass is 32.1. The number of fused-ring (bicyclic) bond motifs is 1. The molecule has 1 aliphatic rings. The molecule has 0 unspecified atom stereocenters. The summed E-state index contributed by atoms with van der Waals surface area (Å²) < 4.78 is 6.03. The van der Waals surface area contributed by atoms with Gasteiger partial charge < -0.3 is 10.1 Å². The number of anilines is 1. The van der Waals surface area contributed by atoms with Gasteiger partial charge in [0.2, 0.25) is 11.8 Å². The number of amides is 1. The van der Waals surface area contributed by atoms with Gasteiger partial charge in [-0.2, -0.15) is 4.98 Å². The number of nitrogens with one attached hydrogen (secondary N) is 1. The van der Waals surface area contributed by atoms with Crippen LogP contribution >= 0.6 is 11.3 Å². The van der Waals surface area contributed by atoms with Crippen LogP contribution in [-0.4, -0.2) is 38.3 Å². The first kappa shape index (κ1) is 21.4. The molecule has 3 aromatic rings. The van der Waals surface area contributed by atoms with Crippen molar-refractivity contribution in [2.75, 3.05) is 11.9 Å². The van der Waals surface area contributed by atoms with E-state index >= 15 is 0 Å². The molecule has 4 rings (SSSR count). The summed E-state index contributed by atoms with van der Waals surface area (Å²) in [7, 11) is 0. The fourth-order valence-electron chi connectivity index (χ4n) is 3.91. The standard InChI is InChI=1S/C23H27N5O2S/c1-14-9-22(26-16(3)25-14)30-20-6-5-18-7-8-28(15(2)10-19(18)11-20)13-21-12-24-23(31-21)27-17(4)29/h5-6,9,11-12,15H,7-8,10,13H2,1-4H3,(H,24,27,29)/t15-/m0/s1. The molecule has 0 saturated heterocycles. The maximum Gasteiger partial charge on any atom is 0.223 e. The summed E-state index contributed by atoms with van der Waals surface area (Å²) in [6, 6.07) is 8.57. The first-order valence-corrected chi connectivity index (χ1v) is 11.3. The molecule has 1 atom stereocenters. The van der Waals surface area contributed by atoms with E-state index < -0.39 is 0 Å². The van der Waals surface area contributed by atoms with Crippen molar-refractivity contribution in [1.82, 2.24) is 19.9 Å². The average molecular weight is 438 g/mol. The molecule has 0 fully saturated rings. The lowest BCUT2D eigenvalue weighted by atomic mass is 10.0. The Hall–Kier alpha value is -2.84. The molecule has 8 heteroatoms. The molecule has 0 spiro atoms. The Balaban J connectivity index is 1.45. The number of carbonyl (C=O) groups excluding carboxylic acids is 1. The van der Waals surface area contributed by atoms with Gasteiger partial charge in [0.15, 0.2) is 5.13 Å². The lowest BCUT2D eigenvalue weighted by molar-refractivity contribution is -0.114. The van der Waals surface area contributed by atoms with E-state index in [2.05, 4.69) is 44.2 Å². The zero-order valence-corrected chi connectivity index (χ0v) is 19.1. The van der Waals surface area contributed by atoms with Crippen molar-refractivity contribution >= 4 is 22.4 Å². The SMILES string of the molecule is CC(=O)Nc1ncc(CN2CCc3ccc(Oc4cc(C)nc(C)n4)cc3C[C@@H]2C)s1. The minimum Gasteiger partial charge on any atom is -0.439 e. The number of ether oxygens (including phenoxy) is 1. The van der Waals surface area contributed by atoms with Crippen molar-refractivity contribution in [2.24, 2.45) is 0 Å². The highest BCUT2D eigenvalue weighted by Crippen LogP contribution is 2.29. The van der Waals surface area contributed by atoms with Crippen molar-refractivity contribution in [1.29, 1.82) is 0 Å². The molecule has 1 aliphatic heterocycles. The molecular weight excluding hydrogens is 410 g/mol. The van der Waals surface area contributed by atoms with Crippen molar-refractivity contribution in [3.8, 4) is 11.6 Å². The summed E-state index contributed by atoms with van der Waals surface area (Å²) in [5.41, 5.74) is 3.57. The van der Waals surface area contributed by atoms with E-state index in [1.165, 1.54) is 29.4 Å². The van der Waals surface area contributed by atoms with Crippen molar-refractivity contribution < 1.29 is 9.53 Å². The highest BCUT2D eigenvalue weighted by molar-refractivity contribution is 7.15. The molecule has 7 nitrogen and oxygen atoms in total. The number of hydrogen-bond donors (Lipinski definition) is 1. The quantitative estimate of drug-likeness (QED) is 0.641. The Morgan fingerprint density at radius 2 is 2.10 bits per heavy atom. The van der Waals surface area contributed by atoms with Gasteiger partial charge in [-0.3, -0.25) is 9.69 Å². The second-order valence-electron chi connectivity index (χ2n) is 8.01. The number of benzene rings is 1. The van der Waals surface area contributed by atoms with E-state index in [4.69, 9.17) is 4.74 Å². The molecule has 1 amide bonds. The number of nitrogens with zero attached hydrogens (tertiary/aromatic N) is 4. The monoisotopic (exact) mass is 437 g/mol. The van der Waals surface area contributed by atoms with Gasteiger partial charge in [-0.05, 0) is 56.9 Å². The molecular formula is C23H27N5O2S. The first-order chi connectivity index (χ1) is 14.9. The molecule has 162 valence electrons. The topological polar surface area (TPSA) is 80.2 Å². The Kier molecular flexibility index (Phi) is 6.29. The number of aryl methyl sites for hydroxylation is 2. The Morgan fingerprint density at radius 1 is 1.26 bits per heavy atom. The highest BCUT2D eigenvalue weighted by Gasteiger charge is 2.22. The average Bonchev–Trinajstić information content (AvgIpc) is 3.04. The van der Waals surface area contributed by atoms with E-state index in [0.29, 0.717) is 22.9 Å². The minimum absolute atomic E-state index is 0.0928. The van der Waals surface area contributed by atoms with Crippen molar-refractivity contribution in [2.45, 2.75) is 53.1 Å². The number of carbonyl (C=O) groups is 1. The van der Waals surface area contributed by atoms with Crippen LogP contribution in [0.4, 0.5) is 5.13 Å². The van der Waals surface area contributed by atoms with Crippen LogP contribution < -0.4 is 10.1 Å². The van der Waals surface area contributed by atoms with Crippen molar-refractivity contribution in [3.05, 3.63) is 58.0 Å². The zero-order valence-electron chi connectivity index (χ0n) is 18.3. The molecule has 0 saturated carbocycles. The fraction of sp³-hybridized carbons (Fsp3) is 0.391. The van der Waals surface area contributed by atoms with Gasteiger partial charge in [-0.1, -0.05) is 6.07 Å². The normalized spacial score (nSPS) is 16.5. The summed E-state index contributed by atoms with van der Waals surface area (Å²) in [4.78, 5) is 27.9. The minimum atomic E-state index is -0.0928. The Labute approximate surface area is 186 Å². The number of aromatic nitrogens is 3.